The molecule has 0 radical (unpaired) electrons. The number of aromatic hydroxyl groups is 1. The summed E-state index contributed by atoms with van der Waals surface area (Å²) in [5.41, 5.74) is -0.468. The molecule has 0 saturated carbocycles. The number of carbonyl (C=O) groups is 3. The molecular formula is C18H24BrClN2O6. The number of phenols is 1. The van der Waals surface area contributed by atoms with E-state index in [0.29, 0.717) is 9.50 Å². The summed E-state index contributed by atoms with van der Waals surface area (Å²) in [6.07, 6.45) is -0.982. The number of phenolic OH excluding ortho intramolecular Hbond substituents is 1. The largest absolute Gasteiger partial charge is 0.506 e. The lowest BCUT2D eigenvalue weighted by Crippen LogP contribution is -2.41. The van der Waals surface area contributed by atoms with Crippen molar-refractivity contribution in [1.29, 1.82) is 0 Å². The average Bonchev–Trinajstić information content (AvgIpc) is 2.54. The Kier molecular flexibility index (Phi) is 9.03. The number of hydrogen-bond donors (Lipinski definition) is 3. The molecule has 0 aliphatic rings. The maximum absolute atomic E-state index is 12.3. The quantitative estimate of drug-likeness (QED) is 0.516. The maximum Gasteiger partial charge on any atom is 0.408 e. The number of ether oxygens (including phenoxy) is 2. The number of esters is 1. The maximum atomic E-state index is 12.3. The molecule has 0 aromatic heterocycles. The predicted octanol–water partition coefficient (Wildman–Crippen LogP) is 3.44. The molecule has 1 atom stereocenters. The Labute approximate surface area is 177 Å². The number of rotatable bonds is 7. The van der Waals surface area contributed by atoms with Crippen LogP contribution in [0.1, 0.15) is 45.7 Å². The molecule has 1 aromatic carbocycles. The first-order chi connectivity index (χ1) is 12.9. The van der Waals surface area contributed by atoms with Gasteiger partial charge in [0.05, 0.1) is 23.5 Å². The fraction of sp³-hybridized carbons (Fsp3) is 0.500. The van der Waals surface area contributed by atoms with Gasteiger partial charge in [0, 0.05) is 10.6 Å². The fourth-order valence-corrected chi connectivity index (χ4v) is 3.02. The van der Waals surface area contributed by atoms with Gasteiger partial charge in [0.1, 0.15) is 17.9 Å². The fourth-order valence-electron chi connectivity index (χ4n) is 2.19. The van der Waals surface area contributed by atoms with Gasteiger partial charge >= 0.3 is 12.1 Å². The molecule has 0 spiro atoms. The van der Waals surface area contributed by atoms with Crippen molar-refractivity contribution in [2.24, 2.45) is 0 Å². The molecule has 0 aliphatic carbocycles. The predicted molar refractivity (Wildman–Crippen MR) is 107 cm³/mol. The zero-order chi connectivity index (χ0) is 21.5. The van der Waals surface area contributed by atoms with Crippen molar-refractivity contribution in [3.05, 3.63) is 27.2 Å². The van der Waals surface area contributed by atoms with E-state index in [-0.39, 0.29) is 30.9 Å². The van der Waals surface area contributed by atoms with Gasteiger partial charge in [-0.15, -0.1) is 0 Å². The van der Waals surface area contributed by atoms with Gasteiger partial charge in [0.25, 0.3) is 0 Å². The van der Waals surface area contributed by atoms with Gasteiger partial charge in [0.15, 0.2) is 0 Å². The van der Waals surface area contributed by atoms with Crippen LogP contribution in [0.25, 0.3) is 0 Å². The van der Waals surface area contributed by atoms with Crippen molar-refractivity contribution in [3.63, 3.8) is 0 Å². The van der Waals surface area contributed by atoms with Crippen molar-refractivity contribution < 1.29 is 29.0 Å². The standard InChI is InChI=1S/C18H24BrClN2O6/c1-5-27-15(24)8-13(11-6-10(20)7-12(19)16(11)25)22-14(23)9-21-17(26)28-18(2,3)4/h6-7,13,25H,5,8-9H2,1-4H3,(H,21,26)(H,22,23). The Hall–Kier alpha value is -2.00. The smallest absolute Gasteiger partial charge is 0.408 e. The van der Waals surface area contributed by atoms with Crippen LogP contribution in [0.15, 0.2) is 16.6 Å². The molecule has 156 valence electrons. The van der Waals surface area contributed by atoms with Crippen LogP contribution in [0.2, 0.25) is 5.02 Å². The normalized spacial score (nSPS) is 12.1. The van der Waals surface area contributed by atoms with Gasteiger partial charge in [-0.1, -0.05) is 11.6 Å². The average molecular weight is 480 g/mol. The first-order valence-electron chi connectivity index (χ1n) is 8.52. The number of nitrogens with one attached hydrogen (secondary N) is 2. The second kappa shape index (κ2) is 10.5. The Morgan fingerprint density at radius 1 is 1.29 bits per heavy atom. The SMILES string of the molecule is CCOC(=O)CC(NC(=O)CNC(=O)OC(C)(C)C)c1cc(Cl)cc(Br)c1O. The second-order valence-corrected chi connectivity index (χ2v) is 8.10. The summed E-state index contributed by atoms with van der Waals surface area (Å²) in [7, 11) is 0. The highest BCUT2D eigenvalue weighted by Crippen LogP contribution is 2.36. The van der Waals surface area contributed by atoms with Gasteiger partial charge in [0.2, 0.25) is 5.91 Å². The van der Waals surface area contributed by atoms with E-state index < -0.39 is 29.6 Å². The Bertz CT molecular complexity index is 736. The molecule has 10 heteroatoms. The number of amides is 2. The lowest BCUT2D eigenvalue weighted by Gasteiger charge is -2.22. The van der Waals surface area contributed by atoms with Crippen LogP contribution in [-0.2, 0) is 19.1 Å². The van der Waals surface area contributed by atoms with Gasteiger partial charge in [-0.25, -0.2) is 4.79 Å². The van der Waals surface area contributed by atoms with Crippen molar-refractivity contribution in [3.8, 4) is 5.75 Å². The van der Waals surface area contributed by atoms with E-state index in [1.807, 2.05) is 0 Å². The van der Waals surface area contributed by atoms with E-state index in [4.69, 9.17) is 21.1 Å². The van der Waals surface area contributed by atoms with E-state index in [0.717, 1.165) is 0 Å². The second-order valence-electron chi connectivity index (χ2n) is 6.81. The van der Waals surface area contributed by atoms with E-state index >= 15 is 0 Å². The van der Waals surface area contributed by atoms with Gasteiger partial charge < -0.3 is 25.2 Å². The third-order valence-electron chi connectivity index (χ3n) is 3.24. The first kappa shape index (κ1) is 24.0. The van der Waals surface area contributed by atoms with Crippen LogP contribution in [0.3, 0.4) is 0 Å². The minimum Gasteiger partial charge on any atom is -0.506 e. The molecule has 0 heterocycles. The van der Waals surface area contributed by atoms with Crippen LogP contribution in [0.5, 0.6) is 5.75 Å². The highest BCUT2D eigenvalue weighted by Gasteiger charge is 2.24. The van der Waals surface area contributed by atoms with Crippen LogP contribution in [-0.4, -0.2) is 41.8 Å². The molecule has 28 heavy (non-hydrogen) atoms. The third-order valence-corrected chi connectivity index (χ3v) is 4.06. The monoisotopic (exact) mass is 478 g/mol. The molecule has 8 nitrogen and oxygen atoms in total. The topological polar surface area (TPSA) is 114 Å². The van der Waals surface area contributed by atoms with E-state index in [9.17, 15) is 19.5 Å². The summed E-state index contributed by atoms with van der Waals surface area (Å²) in [6.45, 7) is 6.54. The summed E-state index contributed by atoms with van der Waals surface area (Å²) in [5, 5.41) is 15.5. The van der Waals surface area contributed by atoms with E-state index in [2.05, 4.69) is 26.6 Å². The van der Waals surface area contributed by atoms with Crippen LogP contribution in [0.4, 0.5) is 4.79 Å². The molecule has 0 saturated heterocycles. The molecule has 1 rings (SSSR count). The van der Waals surface area contributed by atoms with Crippen molar-refractivity contribution >= 4 is 45.5 Å². The van der Waals surface area contributed by atoms with Crippen molar-refractivity contribution in [2.45, 2.75) is 45.8 Å². The Morgan fingerprint density at radius 3 is 2.50 bits per heavy atom. The minimum atomic E-state index is -0.915. The zero-order valence-electron chi connectivity index (χ0n) is 16.1. The molecule has 0 aliphatic heterocycles. The van der Waals surface area contributed by atoms with Gasteiger partial charge in [-0.3, -0.25) is 9.59 Å². The van der Waals surface area contributed by atoms with Crippen LogP contribution < -0.4 is 10.6 Å². The minimum absolute atomic E-state index is 0.168. The molecule has 1 aromatic rings. The Balaban J connectivity index is 2.91. The van der Waals surface area contributed by atoms with Crippen molar-refractivity contribution in [1.82, 2.24) is 10.6 Å². The van der Waals surface area contributed by atoms with Crippen LogP contribution >= 0.6 is 27.5 Å². The van der Waals surface area contributed by atoms with Crippen LogP contribution in [0, 0.1) is 0 Å². The zero-order valence-corrected chi connectivity index (χ0v) is 18.4. The summed E-state index contributed by atoms with van der Waals surface area (Å²) >= 11 is 9.19. The third kappa shape index (κ3) is 8.35. The molecule has 0 bridgehead atoms. The highest BCUT2D eigenvalue weighted by atomic mass is 79.9. The lowest BCUT2D eigenvalue weighted by molar-refractivity contribution is -0.143. The molecule has 2 amide bonds. The number of alkyl carbamates (subject to hydrolysis) is 1. The van der Waals surface area contributed by atoms with Crippen molar-refractivity contribution in [2.75, 3.05) is 13.2 Å². The van der Waals surface area contributed by atoms with Gasteiger partial charge in [-0.05, 0) is 55.8 Å². The lowest BCUT2D eigenvalue weighted by atomic mass is 10.0. The molecular weight excluding hydrogens is 456 g/mol. The number of carbonyl (C=O) groups excluding carboxylic acids is 3. The number of hydrogen-bond acceptors (Lipinski definition) is 6. The summed E-state index contributed by atoms with van der Waals surface area (Å²) in [4.78, 5) is 35.9. The Morgan fingerprint density at radius 2 is 1.93 bits per heavy atom. The summed E-state index contributed by atoms with van der Waals surface area (Å²) in [5.74, 6) is -1.32. The van der Waals surface area contributed by atoms with E-state index in [1.165, 1.54) is 12.1 Å². The first-order valence-corrected chi connectivity index (χ1v) is 9.69. The summed E-state index contributed by atoms with van der Waals surface area (Å²) in [6, 6.07) is 2.00. The number of halogens is 2. The van der Waals surface area contributed by atoms with E-state index in [1.54, 1.807) is 27.7 Å². The molecule has 3 N–H and O–H groups in total. The molecule has 1 unspecified atom stereocenters. The highest BCUT2D eigenvalue weighted by molar-refractivity contribution is 9.10. The number of benzene rings is 1. The molecule has 0 fully saturated rings. The van der Waals surface area contributed by atoms with Gasteiger partial charge in [-0.2, -0.15) is 0 Å². The summed E-state index contributed by atoms with van der Waals surface area (Å²) < 4.78 is 10.3.